The van der Waals surface area contributed by atoms with E-state index in [2.05, 4.69) is 0 Å². The molecule has 0 saturated heterocycles. The van der Waals surface area contributed by atoms with Crippen LogP contribution in [0.15, 0.2) is 108 Å². The van der Waals surface area contributed by atoms with Crippen molar-refractivity contribution in [1.82, 2.24) is 4.98 Å². The molecule has 9 heteroatoms. The lowest BCUT2D eigenvalue weighted by Crippen LogP contribution is -2.31. The standard InChI is InChI=1S/C30H27N3O4S2/c1-3-33(24-12-8-5-9-13-24)39(35,36)26-17-14-23(15-18-26)29(34)32(21-22-10-6-4-7-11-22)30-31-27-19-16-25(37-2)20-28(27)38-30/h4-20H,3,21H2,1-2H3. The molecule has 0 radical (unpaired) electrons. The number of fused-ring (bicyclic) bond motifs is 1. The smallest absolute Gasteiger partial charge is 0.264 e. The highest BCUT2D eigenvalue weighted by molar-refractivity contribution is 7.92. The maximum Gasteiger partial charge on any atom is 0.264 e. The summed E-state index contributed by atoms with van der Waals surface area (Å²) in [5, 5.41) is 0.546. The maximum atomic E-state index is 13.8. The average molecular weight is 558 g/mol. The van der Waals surface area contributed by atoms with Crippen molar-refractivity contribution in [2.24, 2.45) is 0 Å². The molecule has 0 aliphatic carbocycles. The van der Waals surface area contributed by atoms with Gasteiger partial charge in [-0.2, -0.15) is 0 Å². The first-order chi connectivity index (χ1) is 18.9. The van der Waals surface area contributed by atoms with E-state index in [0.29, 0.717) is 28.7 Å². The molecular weight excluding hydrogens is 530 g/mol. The predicted molar refractivity (Wildman–Crippen MR) is 156 cm³/mol. The normalized spacial score (nSPS) is 11.3. The van der Waals surface area contributed by atoms with Crippen LogP contribution in [0, 0.1) is 0 Å². The Morgan fingerprint density at radius 1 is 0.897 bits per heavy atom. The van der Waals surface area contributed by atoms with Gasteiger partial charge in [0.2, 0.25) is 0 Å². The van der Waals surface area contributed by atoms with E-state index in [-0.39, 0.29) is 17.3 Å². The van der Waals surface area contributed by atoms with E-state index < -0.39 is 10.0 Å². The third-order valence-electron chi connectivity index (χ3n) is 6.26. The van der Waals surface area contributed by atoms with E-state index >= 15 is 0 Å². The number of amides is 1. The number of carbonyl (C=O) groups is 1. The topological polar surface area (TPSA) is 79.8 Å². The van der Waals surface area contributed by atoms with Gasteiger partial charge in [-0.15, -0.1) is 0 Å². The summed E-state index contributed by atoms with van der Waals surface area (Å²) >= 11 is 1.40. The van der Waals surface area contributed by atoms with Gasteiger partial charge in [0.05, 0.1) is 34.5 Å². The highest BCUT2D eigenvalue weighted by Crippen LogP contribution is 2.33. The molecule has 4 aromatic carbocycles. The highest BCUT2D eigenvalue weighted by Gasteiger charge is 2.26. The number of nitrogens with zero attached hydrogens (tertiary/aromatic N) is 3. The Hall–Kier alpha value is -4.21. The molecule has 5 aromatic rings. The van der Waals surface area contributed by atoms with Crippen molar-refractivity contribution in [3.63, 3.8) is 0 Å². The fraction of sp³-hybridized carbons (Fsp3) is 0.133. The second-order valence-electron chi connectivity index (χ2n) is 8.74. The van der Waals surface area contributed by atoms with Crippen LogP contribution in [-0.2, 0) is 16.6 Å². The fourth-order valence-electron chi connectivity index (χ4n) is 4.27. The summed E-state index contributed by atoms with van der Waals surface area (Å²) in [5.74, 6) is 0.441. The lowest BCUT2D eigenvalue weighted by molar-refractivity contribution is 0.0985. The number of thiazole rings is 1. The van der Waals surface area contributed by atoms with Gasteiger partial charge in [0.1, 0.15) is 5.75 Å². The molecular formula is C30H27N3O4S2. The number of hydrogen-bond donors (Lipinski definition) is 0. The van der Waals surface area contributed by atoms with Crippen molar-refractivity contribution in [1.29, 1.82) is 0 Å². The number of rotatable bonds is 9. The van der Waals surface area contributed by atoms with Crippen LogP contribution in [0.4, 0.5) is 10.8 Å². The molecule has 0 N–H and O–H groups in total. The zero-order valence-electron chi connectivity index (χ0n) is 21.5. The van der Waals surface area contributed by atoms with Crippen molar-refractivity contribution in [3.05, 3.63) is 114 Å². The molecule has 0 spiro atoms. The molecule has 1 heterocycles. The fourth-order valence-corrected chi connectivity index (χ4v) is 6.73. The first-order valence-corrected chi connectivity index (χ1v) is 14.6. The largest absolute Gasteiger partial charge is 0.497 e. The Morgan fingerprint density at radius 2 is 1.56 bits per heavy atom. The van der Waals surface area contributed by atoms with E-state index in [1.807, 2.05) is 54.6 Å². The molecule has 0 aliphatic heterocycles. The Kier molecular flexibility index (Phi) is 7.63. The Balaban J connectivity index is 1.48. The summed E-state index contributed by atoms with van der Waals surface area (Å²) in [6.07, 6.45) is 0. The summed E-state index contributed by atoms with van der Waals surface area (Å²) in [6.45, 7) is 2.38. The average Bonchev–Trinajstić information content (AvgIpc) is 3.40. The Morgan fingerprint density at radius 3 is 2.21 bits per heavy atom. The SMILES string of the molecule is CCN(c1ccccc1)S(=O)(=O)c1ccc(C(=O)N(Cc2ccccc2)c2nc3ccc(OC)cc3s2)cc1. The summed E-state index contributed by atoms with van der Waals surface area (Å²) in [6, 6.07) is 30.3. The second-order valence-corrected chi connectivity index (χ2v) is 11.6. The van der Waals surface area contributed by atoms with Crippen LogP contribution < -0.4 is 13.9 Å². The quantitative estimate of drug-likeness (QED) is 0.211. The third kappa shape index (κ3) is 5.50. The summed E-state index contributed by atoms with van der Waals surface area (Å²) in [5.41, 5.74) is 2.66. The predicted octanol–water partition coefficient (Wildman–Crippen LogP) is 6.37. The van der Waals surface area contributed by atoms with Crippen molar-refractivity contribution in [2.75, 3.05) is 22.9 Å². The Labute approximate surface area is 232 Å². The zero-order valence-corrected chi connectivity index (χ0v) is 23.2. The van der Waals surface area contributed by atoms with Gasteiger partial charge in [0.25, 0.3) is 15.9 Å². The van der Waals surface area contributed by atoms with Crippen molar-refractivity contribution < 1.29 is 17.9 Å². The molecule has 0 saturated carbocycles. The van der Waals surface area contributed by atoms with Crippen LogP contribution in [0.3, 0.4) is 0 Å². The molecule has 0 bridgehead atoms. The second kappa shape index (κ2) is 11.3. The highest BCUT2D eigenvalue weighted by atomic mass is 32.2. The van der Waals surface area contributed by atoms with Gasteiger partial charge in [-0.25, -0.2) is 13.4 Å². The number of ether oxygens (including phenoxy) is 1. The van der Waals surface area contributed by atoms with E-state index in [0.717, 1.165) is 15.8 Å². The number of anilines is 2. The zero-order chi connectivity index (χ0) is 27.4. The summed E-state index contributed by atoms with van der Waals surface area (Å²) < 4.78 is 34.4. The molecule has 0 atom stereocenters. The van der Waals surface area contributed by atoms with Crippen molar-refractivity contribution in [3.8, 4) is 5.75 Å². The maximum absolute atomic E-state index is 13.8. The van der Waals surface area contributed by atoms with Crippen LogP contribution in [0.2, 0.25) is 0 Å². The lowest BCUT2D eigenvalue weighted by Gasteiger charge is -2.23. The van der Waals surface area contributed by atoms with Gasteiger partial charge in [-0.3, -0.25) is 14.0 Å². The van der Waals surface area contributed by atoms with Crippen LogP contribution >= 0.6 is 11.3 Å². The molecule has 39 heavy (non-hydrogen) atoms. The number of methoxy groups -OCH3 is 1. The van der Waals surface area contributed by atoms with E-state index in [4.69, 9.17) is 9.72 Å². The molecule has 1 amide bonds. The monoisotopic (exact) mass is 557 g/mol. The third-order valence-corrected chi connectivity index (χ3v) is 9.22. The van der Waals surface area contributed by atoms with Gasteiger partial charge >= 0.3 is 0 Å². The minimum atomic E-state index is -3.81. The van der Waals surface area contributed by atoms with Gasteiger partial charge in [-0.1, -0.05) is 59.9 Å². The summed E-state index contributed by atoms with van der Waals surface area (Å²) in [4.78, 5) is 20.3. The molecule has 198 valence electrons. The Bertz CT molecular complexity index is 1690. The van der Waals surface area contributed by atoms with Crippen molar-refractivity contribution in [2.45, 2.75) is 18.4 Å². The molecule has 5 rings (SSSR count). The van der Waals surface area contributed by atoms with E-state index in [1.165, 1.54) is 27.8 Å². The number of benzene rings is 4. The van der Waals surface area contributed by atoms with Gasteiger partial charge in [0, 0.05) is 12.1 Å². The minimum absolute atomic E-state index is 0.117. The number of aromatic nitrogens is 1. The number of hydrogen-bond acceptors (Lipinski definition) is 6. The van der Waals surface area contributed by atoms with E-state index in [9.17, 15) is 13.2 Å². The van der Waals surface area contributed by atoms with Crippen molar-refractivity contribution >= 4 is 48.3 Å². The molecule has 7 nitrogen and oxygen atoms in total. The number of sulfonamides is 1. The van der Waals surface area contributed by atoms with Gasteiger partial charge in [0.15, 0.2) is 5.13 Å². The van der Waals surface area contributed by atoms with E-state index in [1.54, 1.807) is 55.3 Å². The minimum Gasteiger partial charge on any atom is -0.497 e. The first-order valence-electron chi connectivity index (χ1n) is 12.4. The molecule has 0 unspecified atom stereocenters. The number of para-hydroxylation sites is 1. The molecule has 1 aromatic heterocycles. The van der Waals surface area contributed by atoms with Gasteiger partial charge < -0.3 is 4.74 Å². The molecule has 0 fully saturated rings. The molecule has 0 aliphatic rings. The lowest BCUT2D eigenvalue weighted by atomic mass is 10.1. The van der Waals surface area contributed by atoms with Crippen LogP contribution in [0.5, 0.6) is 5.75 Å². The van der Waals surface area contributed by atoms with Crippen LogP contribution in [0.1, 0.15) is 22.8 Å². The first kappa shape index (κ1) is 26.4. The van der Waals surface area contributed by atoms with Gasteiger partial charge in [-0.05, 0) is 67.1 Å². The van der Waals surface area contributed by atoms with Crippen LogP contribution in [-0.4, -0.2) is 33.0 Å². The van der Waals surface area contributed by atoms with Crippen LogP contribution in [0.25, 0.3) is 10.2 Å². The summed E-state index contributed by atoms with van der Waals surface area (Å²) in [7, 11) is -2.20. The number of carbonyl (C=O) groups excluding carboxylic acids is 1.